The van der Waals surface area contributed by atoms with Crippen LogP contribution in [0.1, 0.15) is 42.5 Å². The molecular weight excluding hydrogens is 392 g/mol. The molecule has 1 fully saturated rings. The predicted octanol–water partition coefficient (Wildman–Crippen LogP) is -1.69. The highest BCUT2D eigenvalue weighted by Crippen LogP contribution is 2.28. The van der Waals surface area contributed by atoms with E-state index < -0.39 is 43.0 Å². The van der Waals surface area contributed by atoms with Gasteiger partial charge >= 0.3 is 11.9 Å². The van der Waals surface area contributed by atoms with E-state index in [1.807, 2.05) is 0 Å². The third-order valence-electron chi connectivity index (χ3n) is 3.74. The number of carbonyl (C=O) groups excluding carboxylic acids is 2. The van der Waals surface area contributed by atoms with E-state index in [1.54, 1.807) is 0 Å². The van der Waals surface area contributed by atoms with Crippen LogP contribution < -0.4 is 5.73 Å². The lowest BCUT2D eigenvalue weighted by Gasteiger charge is -2.13. The average Bonchev–Trinajstić information content (AvgIpc) is 3.25. The van der Waals surface area contributed by atoms with Crippen LogP contribution in [0, 0.1) is 0 Å². The fraction of sp³-hybridized carbons (Fsp3) is 0.562. The van der Waals surface area contributed by atoms with Crippen molar-refractivity contribution >= 4 is 17.8 Å². The van der Waals surface area contributed by atoms with Crippen molar-refractivity contribution in [3.8, 4) is 0 Å². The molecule has 1 saturated heterocycles. The van der Waals surface area contributed by atoms with E-state index in [9.17, 15) is 24.6 Å². The molecule has 6 N–H and O–H groups in total. The van der Waals surface area contributed by atoms with Gasteiger partial charge in [-0.15, -0.1) is 5.10 Å². The molecule has 1 amide bonds. The van der Waals surface area contributed by atoms with Gasteiger partial charge in [0, 0.05) is 12.8 Å². The summed E-state index contributed by atoms with van der Waals surface area (Å²) in [5.41, 5.74) is 4.97. The molecule has 2 rings (SSSR count). The number of hydrogen-bond acceptors (Lipinski definition) is 10. The largest absolute Gasteiger partial charge is 0.481 e. The number of carbonyl (C=O) groups is 3. The van der Waals surface area contributed by atoms with E-state index in [1.165, 1.54) is 0 Å². The maximum Gasteiger partial charge on any atom is 0.310 e. The van der Waals surface area contributed by atoms with Gasteiger partial charge in [-0.25, -0.2) is 9.67 Å². The van der Waals surface area contributed by atoms with Gasteiger partial charge in [-0.3, -0.25) is 14.4 Å². The Labute approximate surface area is 165 Å². The minimum Gasteiger partial charge on any atom is -0.481 e. The zero-order valence-corrected chi connectivity index (χ0v) is 15.5. The lowest BCUT2D eigenvalue weighted by atomic mass is 10.1. The number of carboxylic acids is 1. The molecule has 4 atom stereocenters. The van der Waals surface area contributed by atoms with Crippen LogP contribution in [0.4, 0.5) is 0 Å². The lowest BCUT2D eigenvalue weighted by molar-refractivity contribution is -0.139. The second kappa shape index (κ2) is 11.9. The molecule has 1 aliphatic rings. The van der Waals surface area contributed by atoms with Gasteiger partial charge in [0.1, 0.15) is 24.6 Å². The Morgan fingerprint density at radius 2 is 1.93 bits per heavy atom. The maximum absolute atomic E-state index is 10.8. The van der Waals surface area contributed by atoms with Crippen LogP contribution in [0.25, 0.3) is 0 Å². The number of unbranched alkanes of at least 4 members (excludes halogenated alkanes) is 1. The van der Waals surface area contributed by atoms with E-state index in [2.05, 4.69) is 21.4 Å². The summed E-state index contributed by atoms with van der Waals surface area (Å²) in [6.07, 6.45) is -0.805. The molecule has 0 aromatic carbocycles. The van der Waals surface area contributed by atoms with Crippen molar-refractivity contribution in [1.82, 2.24) is 14.8 Å². The second-order valence-electron chi connectivity index (χ2n) is 5.90. The first kappa shape index (κ1) is 24.2. The number of ether oxygens (including phenoxy) is 2. The molecule has 0 radical (unpaired) electrons. The molecule has 13 heteroatoms. The van der Waals surface area contributed by atoms with Crippen LogP contribution in [0.3, 0.4) is 0 Å². The Kier molecular flexibility index (Phi) is 9.88. The van der Waals surface area contributed by atoms with E-state index in [4.69, 9.17) is 20.7 Å². The topological polar surface area (TPSA) is 207 Å². The summed E-state index contributed by atoms with van der Waals surface area (Å²) in [6.45, 7) is 2.78. The van der Waals surface area contributed by atoms with Gasteiger partial charge < -0.3 is 35.6 Å². The number of aliphatic carboxylic acids is 1. The zero-order chi connectivity index (χ0) is 22.0. The van der Waals surface area contributed by atoms with Crippen molar-refractivity contribution in [2.24, 2.45) is 5.73 Å². The van der Waals surface area contributed by atoms with Gasteiger partial charge in [-0.2, -0.15) is 0 Å². The smallest absolute Gasteiger partial charge is 0.310 e. The molecule has 1 aromatic heterocycles. The number of esters is 1. The van der Waals surface area contributed by atoms with Gasteiger partial charge in [-0.05, 0) is 12.8 Å². The van der Waals surface area contributed by atoms with Gasteiger partial charge in [0.25, 0.3) is 5.91 Å². The van der Waals surface area contributed by atoms with Crippen molar-refractivity contribution in [1.29, 1.82) is 0 Å². The first-order valence-electron chi connectivity index (χ1n) is 8.56. The molecule has 13 nitrogen and oxygen atoms in total. The highest BCUT2D eigenvalue weighted by Gasteiger charge is 2.44. The molecular formula is C16H24N4O9. The zero-order valence-electron chi connectivity index (χ0n) is 15.5. The second-order valence-corrected chi connectivity index (χ2v) is 5.90. The first-order valence-corrected chi connectivity index (χ1v) is 8.56. The van der Waals surface area contributed by atoms with E-state index in [0.717, 1.165) is 17.3 Å². The number of aliphatic hydroxyl groups is 3. The Hall–Kier alpha value is -2.87. The fourth-order valence-corrected chi connectivity index (χ4v) is 2.31. The van der Waals surface area contributed by atoms with Crippen LogP contribution in [-0.4, -0.2) is 78.0 Å². The number of amides is 1. The average molecular weight is 416 g/mol. The summed E-state index contributed by atoms with van der Waals surface area (Å²) in [5, 5.41) is 40.0. The third-order valence-corrected chi connectivity index (χ3v) is 3.74. The Bertz CT molecular complexity index is 708. The van der Waals surface area contributed by atoms with Gasteiger partial charge in [0.2, 0.25) is 5.82 Å². The standard InChI is InChI=1S/C8H12N4O5.C8H12O4/c9-6(16)7-10-2-12(11-7)8-5(15)4(14)3(1-13)17-8;1-2-12-8(11)6-4-3-5-7(9)10/h2-5,8,13-15H,1H2,(H2,9,16);2H,1,3-6H2,(H,9,10)/t3-,4-,5-,8-;/m1./s1. The molecule has 0 bridgehead atoms. The number of aromatic nitrogens is 3. The van der Waals surface area contributed by atoms with Gasteiger partial charge in [-0.1, -0.05) is 6.58 Å². The summed E-state index contributed by atoms with van der Waals surface area (Å²) in [6, 6.07) is 0. The molecule has 2 heterocycles. The number of nitrogens with two attached hydrogens (primary N) is 1. The van der Waals surface area contributed by atoms with Crippen molar-refractivity contribution in [2.45, 2.75) is 50.2 Å². The molecule has 29 heavy (non-hydrogen) atoms. The number of carboxylic acid groups (broad SMARTS) is 1. The Morgan fingerprint density at radius 1 is 1.28 bits per heavy atom. The Balaban J connectivity index is 0.000000311. The highest BCUT2D eigenvalue weighted by molar-refractivity contribution is 5.88. The lowest BCUT2D eigenvalue weighted by Crippen LogP contribution is -2.33. The summed E-state index contributed by atoms with van der Waals surface area (Å²) >= 11 is 0. The van der Waals surface area contributed by atoms with E-state index in [0.29, 0.717) is 12.8 Å². The van der Waals surface area contributed by atoms with E-state index >= 15 is 0 Å². The SMILES string of the molecule is C=COC(=O)CCCCC(=O)O.NC(=O)c1ncn([C@@H]2O[C@H](CO)[C@@H](O)[C@H]2O)n1. The quantitative estimate of drug-likeness (QED) is 0.174. The monoisotopic (exact) mass is 416 g/mol. The predicted molar refractivity (Wildman–Crippen MR) is 93.9 cm³/mol. The molecule has 1 aromatic rings. The minimum absolute atomic E-state index is 0.0986. The van der Waals surface area contributed by atoms with Crippen molar-refractivity contribution in [3.63, 3.8) is 0 Å². The number of hydrogen-bond donors (Lipinski definition) is 5. The van der Waals surface area contributed by atoms with Crippen LogP contribution in [0.5, 0.6) is 0 Å². The normalized spacial score (nSPS) is 23.0. The van der Waals surface area contributed by atoms with Crippen LogP contribution in [0.2, 0.25) is 0 Å². The number of primary amides is 1. The van der Waals surface area contributed by atoms with Crippen LogP contribution in [-0.2, 0) is 19.1 Å². The number of nitrogens with zero attached hydrogens (tertiary/aromatic N) is 3. The summed E-state index contributed by atoms with van der Waals surface area (Å²) < 4.78 is 10.7. The van der Waals surface area contributed by atoms with E-state index in [-0.39, 0.29) is 24.6 Å². The van der Waals surface area contributed by atoms with Gasteiger partial charge in [0.15, 0.2) is 6.23 Å². The summed E-state index contributed by atoms with van der Waals surface area (Å²) in [5.74, 6) is -2.24. The van der Waals surface area contributed by atoms with Crippen LogP contribution in [0.15, 0.2) is 19.2 Å². The highest BCUT2D eigenvalue weighted by atomic mass is 16.6. The van der Waals surface area contributed by atoms with Gasteiger partial charge in [0.05, 0.1) is 12.9 Å². The van der Waals surface area contributed by atoms with Crippen molar-refractivity contribution in [3.05, 3.63) is 25.0 Å². The first-order chi connectivity index (χ1) is 13.7. The number of aliphatic hydroxyl groups excluding tert-OH is 3. The third kappa shape index (κ3) is 7.57. The molecule has 0 spiro atoms. The summed E-state index contributed by atoms with van der Waals surface area (Å²) in [7, 11) is 0. The fourth-order valence-electron chi connectivity index (χ4n) is 2.31. The summed E-state index contributed by atoms with van der Waals surface area (Å²) in [4.78, 5) is 35.1. The molecule has 1 aliphatic heterocycles. The van der Waals surface area contributed by atoms with Crippen molar-refractivity contribution in [2.75, 3.05) is 6.61 Å². The molecule has 0 unspecified atom stereocenters. The molecule has 0 saturated carbocycles. The molecule has 162 valence electrons. The van der Waals surface area contributed by atoms with Crippen LogP contribution >= 0.6 is 0 Å². The Morgan fingerprint density at radius 3 is 2.41 bits per heavy atom. The minimum atomic E-state index is -1.27. The number of rotatable bonds is 9. The molecule has 0 aliphatic carbocycles. The maximum atomic E-state index is 10.8. The van der Waals surface area contributed by atoms with Crippen molar-refractivity contribution < 1.29 is 44.3 Å².